The third-order valence-corrected chi connectivity index (χ3v) is 5.61. The predicted octanol–water partition coefficient (Wildman–Crippen LogP) is 4.71. The summed E-state index contributed by atoms with van der Waals surface area (Å²) in [4.78, 5) is 19.4. The van der Waals surface area contributed by atoms with Crippen LogP contribution in [0.1, 0.15) is 5.56 Å². The van der Waals surface area contributed by atoms with Crippen LogP contribution in [0.25, 0.3) is 33.0 Å². The monoisotopic (exact) mass is 429 g/mol. The Morgan fingerprint density at radius 3 is 2.52 bits per heavy atom. The molecule has 152 valence electrons. The summed E-state index contributed by atoms with van der Waals surface area (Å²) in [5.74, 6) is 1.19. The van der Waals surface area contributed by atoms with Crippen LogP contribution in [0.3, 0.4) is 0 Å². The minimum absolute atomic E-state index is 0.0309. The first-order valence-corrected chi connectivity index (χ1v) is 10.1. The van der Waals surface area contributed by atoms with Gasteiger partial charge >= 0.3 is 0 Å². The summed E-state index contributed by atoms with van der Waals surface area (Å²) in [6.45, 7) is 2.02. The number of hydrogen-bond donors (Lipinski definition) is 1. The lowest BCUT2D eigenvalue weighted by molar-refractivity contribution is -0.384. The van der Waals surface area contributed by atoms with Crippen molar-refractivity contribution in [1.82, 2.24) is 24.8 Å². The van der Waals surface area contributed by atoms with Crippen LogP contribution >= 0.6 is 11.3 Å². The Morgan fingerprint density at radius 2 is 1.81 bits per heavy atom. The molecule has 9 nitrogen and oxygen atoms in total. The van der Waals surface area contributed by atoms with E-state index < -0.39 is 4.92 Å². The van der Waals surface area contributed by atoms with Gasteiger partial charge in [-0.2, -0.15) is 0 Å². The van der Waals surface area contributed by atoms with Gasteiger partial charge in [0.2, 0.25) is 5.13 Å². The summed E-state index contributed by atoms with van der Waals surface area (Å²) < 4.78 is 2.47. The minimum Gasteiger partial charge on any atom is -0.265 e. The third-order valence-electron chi connectivity index (χ3n) is 4.68. The minimum atomic E-state index is -0.415. The molecule has 0 saturated heterocycles. The van der Waals surface area contributed by atoms with Gasteiger partial charge in [-0.25, -0.2) is 9.66 Å². The van der Waals surface area contributed by atoms with Gasteiger partial charge in [0.15, 0.2) is 11.6 Å². The van der Waals surface area contributed by atoms with Gasteiger partial charge in [-0.05, 0) is 25.1 Å². The van der Waals surface area contributed by atoms with E-state index in [1.165, 1.54) is 23.5 Å². The Morgan fingerprint density at radius 1 is 1.03 bits per heavy atom. The first kappa shape index (κ1) is 18.8. The topological polar surface area (TPSA) is 112 Å². The fourth-order valence-corrected chi connectivity index (χ4v) is 4.02. The Kier molecular flexibility index (Phi) is 4.60. The van der Waals surface area contributed by atoms with Crippen LogP contribution in [0.5, 0.6) is 0 Å². The predicted molar refractivity (Wildman–Crippen MR) is 119 cm³/mol. The van der Waals surface area contributed by atoms with Gasteiger partial charge in [-0.3, -0.25) is 20.5 Å². The summed E-state index contributed by atoms with van der Waals surface area (Å²) in [7, 11) is 0. The highest BCUT2D eigenvalue weighted by molar-refractivity contribution is 7.22. The fourth-order valence-electron chi connectivity index (χ4n) is 3.13. The molecule has 1 N–H and O–H groups in total. The lowest BCUT2D eigenvalue weighted by atomic mass is 10.1. The van der Waals surface area contributed by atoms with Crippen molar-refractivity contribution in [1.29, 1.82) is 0 Å². The Bertz CT molecular complexity index is 1390. The van der Waals surface area contributed by atoms with E-state index in [1.54, 1.807) is 23.1 Å². The van der Waals surface area contributed by atoms with E-state index in [0.717, 1.165) is 16.7 Å². The van der Waals surface area contributed by atoms with Crippen LogP contribution in [-0.2, 0) is 0 Å². The molecule has 31 heavy (non-hydrogen) atoms. The van der Waals surface area contributed by atoms with Crippen LogP contribution in [0.2, 0.25) is 0 Å². The first-order chi connectivity index (χ1) is 15.1. The van der Waals surface area contributed by atoms with Crippen molar-refractivity contribution in [2.45, 2.75) is 6.92 Å². The molecule has 0 fully saturated rings. The van der Waals surface area contributed by atoms with Gasteiger partial charge in [0.1, 0.15) is 0 Å². The molecule has 0 unspecified atom stereocenters. The molecule has 0 atom stereocenters. The number of nitro benzene ring substituents is 1. The number of pyridine rings is 1. The van der Waals surface area contributed by atoms with Crippen LogP contribution in [0.15, 0.2) is 67.0 Å². The van der Waals surface area contributed by atoms with E-state index >= 15 is 0 Å². The van der Waals surface area contributed by atoms with Gasteiger partial charge in [0.25, 0.3) is 5.69 Å². The van der Waals surface area contributed by atoms with Gasteiger partial charge in [0, 0.05) is 35.7 Å². The van der Waals surface area contributed by atoms with E-state index in [2.05, 4.69) is 25.6 Å². The highest BCUT2D eigenvalue weighted by Gasteiger charge is 2.18. The second-order valence-corrected chi connectivity index (χ2v) is 7.86. The van der Waals surface area contributed by atoms with Gasteiger partial charge in [-0.15, -0.1) is 10.2 Å². The zero-order chi connectivity index (χ0) is 21.4. The Labute approximate surface area is 180 Å². The molecule has 3 heterocycles. The number of fused-ring (bicyclic) bond motifs is 1. The maximum Gasteiger partial charge on any atom is 0.270 e. The van der Waals surface area contributed by atoms with Crippen LogP contribution < -0.4 is 5.43 Å². The average molecular weight is 429 g/mol. The molecule has 0 saturated carbocycles. The van der Waals surface area contributed by atoms with E-state index in [1.807, 2.05) is 43.3 Å². The standard InChI is InChI=1S/C21H15N7O2S/c1-13-4-6-14(7-5-13)19-24-25-20(15-3-2-10-22-12-15)27(19)26-21-23-17-9-8-16(28(29)30)11-18(17)31-21/h2-12H,1H3,(H,23,26). The van der Waals surface area contributed by atoms with E-state index in [4.69, 9.17) is 0 Å². The molecule has 5 aromatic rings. The number of non-ortho nitro benzene ring substituents is 1. The number of nitrogens with zero attached hydrogens (tertiary/aromatic N) is 6. The molecule has 0 aliphatic carbocycles. The number of anilines is 1. The number of aromatic nitrogens is 5. The molecule has 0 aliphatic heterocycles. The highest BCUT2D eigenvalue weighted by atomic mass is 32.1. The van der Waals surface area contributed by atoms with Crippen LogP contribution in [0.4, 0.5) is 10.8 Å². The van der Waals surface area contributed by atoms with Gasteiger partial charge < -0.3 is 0 Å². The van der Waals surface area contributed by atoms with Gasteiger partial charge in [-0.1, -0.05) is 41.2 Å². The first-order valence-electron chi connectivity index (χ1n) is 9.33. The Hall–Kier alpha value is -4.18. The molecule has 3 aromatic heterocycles. The zero-order valence-corrected chi connectivity index (χ0v) is 17.1. The molecule has 2 aromatic carbocycles. The second-order valence-electron chi connectivity index (χ2n) is 6.83. The highest BCUT2D eigenvalue weighted by Crippen LogP contribution is 2.31. The van der Waals surface area contributed by atoms with Crippen LogP contribution in [0, 0.1) is 17.0 Å². The van der Waals surface area contributed by atoms with E-state index in [-0.39, 0.29) is 5.69 Å². The molecule has 10 heteroatoms. The number of hydrogen-bond acceptors (Lipinski definition) is 8. The Balaban J connectivity index is 1.61. The molecule has 5 rings (SSSR count). The normalized spacial score (nSPS) is 11.0. The SMILES string of the molecule is Cc1ccc(-c2nnc(-c3cccnc3)n2Nc2nc3ccc([N+](=O)[O-])cc3s2)cc1. The average Bonchev–Trinajstić information content (AvgIpc) is 3.38. The summed E-state index contributed by atoms with van der Waals surface area (Å²) in [6.07, 6.45) is 3.40. The van der Waals surface area contributed by atoms with Crippen molar-refractivity contribution in [2.75, 3.05) is 5.43 Å². The molecular formula is C21H15N7O2S. The molecule has 0 radical (unpaired) electrons. The number of aryl methyl sites for hydroxylation is 1. The summed E-state index contributed by atoms with van der Waals surface area (Å²) >= 11 is 1.32. The van der Waals surface area contributed by atoms with Crippen molar-refractivity contribution >= 4 is 32.4 Å². The number of benzene rings is 2. The van der Waals surface area contributed by atoms with Gasteiger partial charge in [0.05, 0.1) is 15.1 Å². The van der Waals surface area contributed by atoms with Crippen molar-refractivity contribution in [2.24, 2.45) is 0 Å². The van der Waals surface area contributed by atoms with Crippen molar-refractivity contribution in [3.05, 3.63) is 82.7 Å². The summed E-state index contributed by atoms with van der Waals surface area (Å²) in [5, 5.41) is 20.4. The molecular weight excluding hydrogens is 414 g/mol. The van der Waals surface area contributed by atoms with E-state index in [9.17, 15) is 10.1 Å². The second kappa shape index (κ2) is 7.58. The summed E-state index contributed by atoms with van der Waals surface area (Å²) in [6, 6.07) is 16.3. The number of nitrogens with one attached hydrogen (secondary N) is 1. The maximum atomic E-state index is 11.1. The third kappa shape index (κ3) is 3.60. The van der Waals surface area contributed by atoms with Crippen molar-refractivity contribution in [3.63, 3.8) is 0 Å². The fraction of sp³-hybridized carbons (Fsp3) is 0.0476. The molecule has 0 bridgehead atoms. The molecule has 0 amide bonds. The van der Waals surface area contributed by atoms with Crippen molar-refractivity contribution < 1.29 is 4.92 Å². The maximum absolute atomic E-state index is 11.1. The quantitative estimate of drug-likeness (QED) is 0.318. The molecule has 0 spiro atoms. The lowest BCUT2D eigenvalue weighted by Gasteiger charge is -2.11. The van der Waals surface area contributed by atoms with Crippen molar-refractivity contribution in [3.8, 4) is 22.8 Å². The number of nitro groups is 1. The zero-order valence-electron chi connectivity index (χ0n) is 16.3. The lowest BCUT2D eigenvalue weighted by Crippen LogP contribution is -2.12. The molecule has 0 aliphatic rings. The largest absolute Gasteiger partial charge is 0.270 e. The van der Waals surface area contributed by atoms with Crippen LogP contribution in [-0.4, -0.2) is 29.8 Å². The smallest absolute Gasteiger partial charge is 0.265 e. The number of rotatable bonds is 5. The summed E-state index contributed by atoms with van der Waals surface area (Å²) in [5.41, 5.74) is 6.79. The number of thiazole rings is 1. The van der Waals surface area contributed by atoms with E-state index in [0.29, 0.717) is 27.0 Å².